The predicted molar refractivity (Wildman–Crippen MR) is 69.9 cm³/mol. The average Bonchev–Trinajstić information content (AvgIpc) is 2.83. The Balaban J connectivity index is 1.81. The molecule has 0 spiro atoms. The number of carbonyl (C=O) groups excluding carboxylic acids is 1. The van der Waals surface area contributed by atoms with Crippen molar-refractivity contribution in [2.45, 2.75) is 26.2 Å². The third-order valence-electron chi connectivity index (χ3n) is 3.28. The molecule has 1 aromatic carbocycles. The van der Waals surface area contributed by atoms with Crippen LogP contribution in [-0.4, -0.2) is 22.6 Å². The Labute approximate surface area is 111 Å². The number of amides is 1. The van der Waals surface area contributed by atoms with Crippen LogP contribution in [0.25, 0.3) is 0 Å². The maximum Gasteiger partial charge on any atom is 0.236 e. The molecule has 0 N–H and O–H groups in total. The number of benzene rings is 1. The molecule has 3 rings (SSSR count). The van der Waals surface area contributed by atoms with E-state index in [4.69, 9.17) is 4.52 Å². The summed E-state index contributed by atoms with van der Waals surface area (Å²) in [5.41, 5.74) is 2.23. The van der Waals surface area contributed by atoms with E-state index in [1.165, 1.54) is 5.56 Å². The molecule has 1 aliphatic rings. The van der Waals surface area contributed by atoms with E-state index in [1.54, 1.807) is 6.92 Å². The molecule has 0 bridgehead atoms. The molecule has 2 heterocycles. The second kappa shape index (κ2) is 4.84. The Morgan fingerprint density at radius 2 is 2.26 bits per heavy atom. The summed E-state index contributed by atoms with van der Waals surface area (Å²) in [6, 6.07) is 8.03. The maximum atomic E-state index is 12.3. The Bertz CT molecular complexity index is 606. The number of para-hydroxylation sites is 1. The molecule has 19 heavy (non-hydrogen) atoms. The van der Waals surface area contributed by atoms with E-state index in [0.717, 1.165) is 25.1 Å². The molecule has 1 amide bonds. The van der Waals surface area contributed by atoms with Gasteiger partial charge in [-0.1, -0.05) is 23.4 Å². The Hall–Kier alpha value is -2.17. The molecular weight excluding hydrogens is 242 g/mol. The lowest BCUT2D eigenvalue weighted by molar-refractivity contribution is -0.118. The van der Waals surface area contributed by atoms with Gasteiger partial charge in [0.05, 0.1) is 0 Å². The number of rotatable bonds is 2. The largest absolute Gasteiger partial charge is 0.339 e. The van der Waals surface area contributed by atoms with E-state index in [1.807, 2.05) is 23.1 Å². The van der Waals surface area contributed by atoms with Crippen molar-refractivity contribution < 1.29 is 9.32 Å². The van der Waals surface area contributed by atoms with E-state index in [2.05, 4.69) is 16.2 Å². The van der Waals surface area contributed by atoms with Gasteiger partial charge in [-0.05, 0) is 31.4 Å². The molecule has 5 nitrogen and oxygen atoms in total. The predicted octanol–water partition coefficient (Wildman–Crippen LogP) is 1.90. The van der Waals surface area contributed by atoms with Gasteiger partial charge in [0.1, 0.15) is 6.42 Å². The number of aromatic nitrogens is 2. The van der Waals surface area contributed by atoms with Gasteiger partial charge in [-0.25, -0.2) is 0 Å². The van der Waals surface area contributed by atoms with Crippen LogP contribution in [-0.2, 0) is 17.6 Å². The van der Waals surface area contributed by atoms with Gasteiger partial charge in [-0.3, -0.25) is 4.79 Å². The standard InChI is InChI=1S/C14H15N3O2/c1-10-15-13(19-16-10)9-14(18)17-8-4-6-11-5-2-3-7-12(11)17/h2-3,5,7H,4,6,8-9H2,1H3. The zero-order valence-electron chi connectivity index (χ0n) is 10.8. The van der Waals surface area contributed by atoms with Gasteiger partial charge < -0.3 is 9.42 Å². The monoisotopic (exact) mass is 257 g/mol. The molecule has 0 saturated heterocycles. The van der Waals surface area contributed by atoms with Gasteiger partial charge in [0.25, 0.3) is 0 Å². The van der Waals surface area contributed by atoms with Crippen molar-refractivity contribution in [3.8, 4) is 0 Å². The van der Waals surface area contributed by atoms with Crippen LogP contribution in [0.5, 0.6) is 0 Å². The van der Waals surface area contributed by atoms with Gasteiger partial charge in [-0.15, -0.1) is 0 Å². The van der Waals surface area contributed by atoms with Crippen molar-refractivity contribution >= 4 is 11.6 Å². The molecule has 0 fully saturated rings. The van der Waals surface area contributed by atoms with E-state index in [0.29, 0.717) is 11.7 Å². The summed E-state index contributed by atoms with van der Waals surface area (Å²) in [5.74, 6) is 0.947. The van der Waals surface area contributed by atoms with Crippen molar-refractivity contribution in [3.63, 3.8) is 0 Å². The fraction of sp³-hybridized carbons (Fsp3) is 0.357. The van der Waals surface area contributed by atoms with E-state index < -0.39 is 0 Å². The Morgan fingerprint density at radius 3 is 3.05 bits per heavy atom. The van der Waals surface area contributed by atoms with Crippen LogP contribution in [0.4, 0.5) is 5.69 Å². The van der Waals surface area contributed by atoms with Gasteiger partial charge in [0.15, 0.2) is 5.82 Å². The molecule has 2 aromatic rings. The summed E-state index contributed by atoms with van der Waals surface area (Å²) >= 11 is 0. The van der Waals surface area contributed by atoms with Crippen LogP contribution < -0.4 is 4.90 Å². The Kier molecular flexibility index (Phi) is 3.03. The number of hydrogen-bond donors (Lipinski definition) is 0. The number of fused-ring (bicyclic) bond motifs is 1. The lowest BCUT2D eigenvalue weighted by Crippen LogP contribution is -2.36. The van der Waals surface area contributed by atoms with E-state index in [-0.39, 0.29) is 12.3 Å². The molecule has 0 unspecified atom stereocenters. The fourth-order valence-electron chi connectivity index (χ4n) is 2.43. The van der Waals surface area contributed by atoms with Crippen LogP contribution in [0.2, 0.25) is 0 Å². The normalized spacial score (nSPS) is 14.3. The molecule has 0 radical (unpaired) electrons. The average molecular weight is 257 g/mol. The highest BCUT2D eigenvalue weighted by Gasteiger charge is 2.23. The summed E-state index contributed by atoms with van der Waals surface area (Å²) < 4.78 is 5.01. The number of carbonyl (C=O) groups is 1. The molecular formula is C14H15N3O2. The minimum Gasteiger partial charge on any atom is -0.339 e. The first-order chi connectivity index (χ1) is 9.24. The van der Waals surface area contributed by atoms with Crippen molar-refractivity contribution in [2.24, 2.45) is 0 Å². The van der Waals surface area contributed by atoms with Crippen molar-refractivity contribution in [2.75, 3.05) is 11.4 Å². The van der Waals surface area contributed by atoms with Crippen LogP contribution in [0, 0.1) is 6.92 Å². The number of anilines is 1. The minimum atomic E-state index is 0.0100. The zero-order valence-corrected chi connectivity index (χ0v) is 10.8. The fourth-order valence-corrected chi connectivity index (χ4v) is 2.43. The number of hydrogen-bond acceptors (Lipinski definition) is 4. The first-order valence-corrected chi connectivity index (χ1v) is 6.41. The van der Waals surface area contributed by atoms with E-state index in [9.17, 15) is 4.79 Å². The Morgan fingerprint density at radius 1 is 1.42 bits per heavy atom. The zero-order chi connectivity index (χ0) is 13.2. The first kappa shape index (κ1) is 11.9. The van der Waals surface area contributed by atoms with E-state index >= 15 is 0 Å². The topological polar surface area (TPSA) is 59.2 Å². The number of nitrogens with zero attached hydrogens (tertiary/aromatic N) is 3. The number of aryl methyl sites for hydroxylation is 2. The van der Waals surface area contributed by atoms with Gasteiger partial charge in [0, 0.05) is 12.2 Å². The molecule has 0 aliphatic carbocycles. The van der Waals surface area contributed by atoms with Crippen LogP contribution in [0.15, 0.2) is 28.8 Å². The maximum absolute atomic E-state index is 12.3. The summed E-state index contributed by atoms with van der Waals surface area (Å²) in [5, 5.41) is 3.70. The lowest BCUT2D eigenvalue weighted by Gasteiger charge is -2.29. The second-order valence-electron chi connectivity index (χ2n) is 4.69. The highest BCUT2D eigenvalue weighted by molar-refractivity contribution is 5.95. The van der Waals surface area contributed by atoms with Crippen LogP contribution >= 0.6 is 0 Å². The molecule has 98 valence electrons. The van der Waals surface area contributed by atoms with Crippen LogP contribution in [0.3, 0.4) is 0 Å². The third kappa shape index (κ3) is 2.36. The highest BCUT2D eigenvalue weighted by atomic mass is 16.5. The molecule has 5 heteroatoms. The minimum absolute atomic E-state index is 0.0100. The SMILES string of the molecule is Cc1noc(CC(=O)N2CCCc3ccccc32)n1. The van der Waals surface area contributed by atoms with Crippen LogP contribution in [0.1, 0.15) is 23.7 Å². The summed E-state index contributed by atoms with van der Waals surface area (Å²) in [7, 11) is 0. The molecule has 0 atom stereocenters. The van der Waals surface area contributed by atoms with Gasteiger partial charge in [0.2, 0.25) is 11.8 Å². The third-order valence-corrected chi connectivity index (χ3v) is 3.28. The quantitative estimate of drug-likeness (QED) is 0.824. The molecule has 0 saturated carbocycles. The second-order valence-corrected chi connectivity index (χ2v) is 4.69. The highest BCUT2D eigenvalue weighted by Crippen LogP contribution is 2.27. The van der Waals surface area contributed by atoms with Crippen molar-refractivity contribution in [1.82, 2.24) is 10.1 Å². The summed E-state index contributed by atoms with van der Waals surface area (Å²) in [4.78, 5) is 18.2. The smallest absolute Gasteiger partial charge is 0.236 e. The summed E-state index contributed by atoms with van der Waals surface area (Å²) in [6.07, 6.45) is 2.18. The lowest BCUT2D eigenvalue weighted by atomic mass is 10.0. The van der Waals surface area contributed by atoms with Crippen molar-refractivity contribution in [3.05, 3.63) is 41.5 Å². The summed E-state index contributed by atoms with van der Waals surface area (Å²) in [6.45, 7) is 2.50. The molecule has 1 aromatic heterocycles. The first-order valence-electron chi connectivity index (χ1n) is 6.41. The molecule has 1 aliphatic heterocycles. The van der Waals surface area contributed by atoms with Gasteiger partial charge in [-0.2, -0.15) is 4.98 Å². The van der Waals surface area contributed by atoms with Crippen molar-refractivity contribution in [1.29, 1.82) is 0 Å². The van der Waals surface area contributed by atoms with Gasteiger partial charge >= 0.3 is 0 Å².